The fourth-order valence-corrected chi connectivity index (χ4v) is 1.63. The first kappa shape index (κ1) is 12.0. The number of aliphatic imine (C=N–C) groups is 1. The molecule has 1 atom stereocenters. The standard InChI is InChI=1S/C11H15ClN4O/c1-8-7-15-11(16-8)14-5-6-17-10-9(12)3-2-4-13-10/h2-4,8H,5-7H2,1H3,(H2,14,15,16). The number of hydrogen-bond acceptors (Lipinski definition) is 5. The number of rotatable bonds is 4. The highest BCUT2D eigenvalue weighted by Gasteiger charge is 2.11. The average molecular weight is 255 g/mol. The molecule has 1 aromatic rings. The molecular formula is C11H15ClN4O. The zero-order valence-electron chi connectivity index (χ0n) is 9.61. The first-order valence-electron chi connectivity index (χ1n) is 5.54. The maximum atomic E-state index is 5.91. The van der Waals surface area contributed by atoms with Crippen molar-refractivity contribution in [3.8, 4) is 5.88 Å². The third kappa shape index (κ3) is 3.49. The first-order valence-corrected chi connectivity index (χ1v) is 5.91. The van der Waals surface area contributed by atoms with Crippen LogP contribution in [0.25, 0.3) is 0 Å². The number of halogens is 1. The van der Waals surface area contributed by atoms with Crippen molar-refractivity contribution in [3.63, 3.8) is 0 Å². The Kier molecular flexibility index (Phi) is 4.03. The lowest BCUT2D eigenvalue weighted by Gasteiger charge is -2.09. The van der Waals surface area contributed by atoms with Gasteiger partial charge in [-0.3, -0.25) is 4.99 Å². The summed E-state index contributed by atoms with van der Waals surface area (Å²) >= 11 is 5.91. The van der Waals surface area contributed by atoms with Crippen LogP contribution in [0.2, 0.25) is 5.02 Å². The van der Waals surface area contributed by atoms with E-state index in [0.29, 0.717) is 30.1 Å². The maximum Gasteiger partial charge on any atom is 0.232 e. The molecule has 2 heterocycles. The molecule has 0 aromatic carbocycles. The summed E-state index contributed by atoms with van der Waals surface area (Å²) in [5, 5.41) is 6.88. The maximum absolute atomic E-state index is 5.91. The third-order valence-corrected chi connectivity index (χ3v) is 2.55. The predicted molar refractivity (Wildman–Crippen MR) is 67.6 cm³/mol. The van der Waals surface area contributed by atoms with Gasteiger partial charge in [-0.15, -0.1) is 0 Å². The third-order valence-electron chi connectivity index (χ3n) is 2.26. The van der Waals surface area contributed by atoms with Gasteiger partial charge in [0.1, 0.15) is 11.6 Å². The summed E-state index contributed by atoms with van der Waals surface area (Å²) in [6.45, 7) is 4.05. The molecule has 92 valence electrons. The molecule has 0 fully saturated rings. The van der Waals surface area contributed by atoms with E-state index < -0.39 is 0 Å². The van der Waals surface area contributed by atoms with Gasteiger partial charge in [0.05, 0.1) is 13.1 Å². The van der Waals surface area contributed by atoms with Crippen LogP contribution in [0.4, 0.5) is 0 Å². The molecule has 2 rings (SSSR count). The Morgan fingerprint density at radius 1 is 1.65 bits per heavy atom. The van der Waals surface area contributed by atoms with Gasteiger partial charge in [-0.25, -0.2) is 4.98 Å². The summed E-state index contributed by atoms with van der Waals surface area (Å²) in [7, 11) is 0. The lowest BCUT2D eigenvalue weighted by molar-refractivity contribution is 0.310. The highest BCUT2D eigenvalue weighted by Crippen LogP contribution is 2.19. The molecule has 17 heavy (non-hydrogen) atoms. The fourth-order valence-electron chi connectivity index (χ4n) is 1.45. The van der Waals surface area contributed by atoms with Crippen molar-refractivity contribution in [2.75, 3.05) is 19.7 Å². The van der Waals surface area contributed by atoms with Crippen molar-refractivity contribution < 1.29 is 4.74 Å². The predicted octanol–water partition coefficient (Wildman–Crippen LogP) is 1.05. The van der Waals surface area contributed by atoms with Gasteiger partial charge in [0.25, 0.3) is 0 Å². The minimum absolute atomic E-state index is 0.406. The lowest BCUT2D eigenvalue weighted by Crippen LogP contribution is -2.39. The minimum Gasteiger partial charge on any atom is -0.475 e. The van der Waals surface area contributed by atoms with Crippen molar-refractivity contribution in [1.82, 2.24) is 15.6 Å². The summed E-state index contributed by atoms with van der Waals surface area (Å²) in [4.78, 5) is 8.31. The molecule has 5 nitrogen and oxygen atoms in total. The summed E-state index contributed by atoms with van der Waals surface area (Å²) in [6.07, 6.45) is 1.65. The number of nitrogens with zero attached hydrogens (tertiary/aromatic N) is 2. The Balaban J connectivity index is 1.68. The van der Waals surface area contributed by atoms with Gasteiger partial charge < -0.3 is 15.4 Å². The summed E-state index contributed by atoms with van der Waals surface area (Å²) in [5.74, 6) is 1.29. The van der Waals surface area contributed by atoms with Crippen molar-refractivity contribution in [3.05, 3.63) is 23.4 Å². The molecule has 6 heteroatoms. The van der Waals surface area contributed by atoms with Gasteiger partial charge in [0.2, 0.25) is 5.88 Å². The van der Waals surface area contributed by atoms with Crippen molar-refractivity contribution in [1.29, 1.82) is 0 Å². The number of pyridine rings is 1. The zero-order chi connectivity index (χ0) is 12.1. The molecule has 2 N–H and O–H groups in total. The SMILES string of the molecule is CC1CN=C(NCCOc2ncccc2Cl)N1. The number of nitrogens with one attached hydrogen (secondary N) is 2. The second-order valence-electron chi connectivity index (χ2n) is 3.80. The average Bonchev–Trinajstić information content (AvgIpc) is 2.73. The summed E-state index contributed by atoms with van der Waals surface area (Å²) < 4.78 is 5.44. The van der Waals surface area contributed by atoms with Crippen LogP contribution in [0.15, 0.2) is 23.3 Å². The molecule has 0 saturated heterocycles. The van der Waals surface area contributed by atoms with Gasteiger partial charge in [-0.2, -0.15) is 0 Å². The normalized spacial score (nSPS) is 18.5. The Hall–Kier alpha value is -1.49. The molecule has 1 aliphatic rings. The number of hydrogen-bond donors (Lipinski definition) is 2. The van der Waals surface area contributed by atoms with E-state index in [1.807, 2.05) is 0 Å². The van der Waals surface area contributed by atoms with E-state index >= 15 is 0 Å². The number of ether oxygens (including phenoxy) is 1. The quantitative estimate of drug-likeness (QED) is 0.789. The zero-order valence-corrected chi connectivity index (χ0v) is 10.4. The van der Waals surface area contributed by atoms with E-state index in [-0.39, 0.29) is 0 Å². The van der Waals surface area contributed by atoms with Crippen molar-refractivity contribution in [2.45, 2.75) is 13.0 Å². The van der Waals surface area contributed by atoms with Gasteiger partial charge in [0.15, 0.2) is 5.96 Å². The van der Waals surface area contributed by atoms with E-state index in [4.69, 9.17) is 16.3 Å². The smallest absolute Gasteiger partial charge is 0.232 e. The molecule has 0 saturated carbocycles. The Labute approximate surface area is 105 Å². The molecule has 1 aliphatic heterocycles. The van der Waals surface area contributed by atoms with Crippen LogP contribution in [0, 0.1) is 0 Å². The van der Waals surface area contributed by atoms with Crippen LogP contribution >= 0.6 is 11.6 Å². The van der Waals surface area contributed by atoms with Crippen LogP contribution in [-0.2, 0) is 0 Å². The van der Waals surface area contributed by atoms with Crippen LogP contribution in [-0.4, -0.2) is 36.7 Å². The van der Waals surface area contributed by atoms with Gasteiger partial charge in [0, 0.05) is 12.2 Å². The lowest BCUT2D eigenvalue weighted by atomic mass is 10.4. The Bertz CT molecular complexity index is 410. The van der Waals surface area contributed by atoms with Crippen LogP contribution < -0.4 is 15.4 Å². The molecule has 0 radical (unpaired) electrons. The topological polar surface area (TPSA) is 58.5 Å². The van der Waals surface area contributed by atoms with Crippen molar-refractivity contribution >= 4 is 17.6 Å². The highest BCUT2D eigenvalue weighted by atomic mass is 35.5. The van der Waals surface area contributed by atoms with E-state index in [1.165, 1.54) is 0 Å². The van der Waals surface area contributed by atoms with E-state index in [0.717, 1.165) is 12.5 Å². The van der Waals surface area contributed by atoms with Crippen LogP contribution in [0.3, 0.4) is 0 Å². The molecular weight excluding hydrogens is 240 g/mol. The van der Waals surface area contributed by atoms with Gasteiger partial charge in [-0.05, 0) is 19.1 Å². The molecule has 1 aromatic heterocycles. The molecule has 0 aliphatic carbocycles. The highest BCUT2D eigenvalue weighted by molar-refractivity contribution is 6.31. The van der Waals surface area contributed by atoms with Crippen LogP contribution in [0.5, 0.6) is 5.88 Å². The van der Waals surface area contributed by atoms with Crippen LogP contribution in [0.1, 0.15) is 6.92 Å². The minimum atomic E-state index is 0.406. The van der Waals surface area contributed by atoms with E-state index in [1.54, 1.807) is 18.3 Å². The van der Waals surface area contributed by atoms with Gasteiger partial charge in [-0.1, -0.05) is 11.6 Å². The largest absolute Gasteiger partial charge is 0.475 e. The summed E-state index contributed by atoms with van der Waals surface area (Å²) in [6, 6.07) is 3.93. The molecule has 0 spiro atoms. The molecule has 0 bridgehead atoms. The number of aromatic nitrogens is 1. The first-order chi connectivity index (χ1) is 8.25. The second-order valence-corrected chi connectivity index (χ2v) is 4.21. The fraction of sp³-hybridized carbons (Fsp3) is 0.455. The van der Waals surface area contributed by atoms with Crippen molar-refractivity contribution in [2.24, 2.45) is 4.99 Å². The van der Waals surface area contributed by atoms with E-state index in [2.05, 4.69) is 27.5 Å². The molecule has 1 unspecified atom stereocenters. The second kappa shape index (κ2) is 5.72. The Morgan fingerprint density at radius 3 is 3.24 bits per heavy atom. The Morgan fingerprint density at radius 2 is 2.53 bits per heavy atom. The number of guanidine groups is 1. The summed E-state index contributed by atoms with van der Waals surface area (Å²) in [5.41, 5.74) is 0. The van der Waals surface area contributed by atoms with E-state index in [9.17, 15) is 0 Å². The van der Waals surface area contributed by atoms with Gasteiger partial charge >= 0.3 is 0 Å². The monoisotopic (exact) mass is 254 g/mol. The molecule has 0 amide bonds.